The zero-order valence-electron chi connectivity index (χ0n) is 11.1. The Morgan fingerprint density at radius 3 is 2.33 bits per heavy atom. The molecule has 120 valence electrons. The maximum atomic E-state index is 12.5. The number of thiophene rings is 1. The Morgan fingerprint density at radius 2 is 1.95 bits per heavy atom. The lowest BCUT2D eigenvalue weighted by Crippen LogP contribution is -2.41. The molecule has 0 fully saturated rings. The minimum atomic E-state index is -4.64. The first-order chi connectivity index (χ1) is 9.43. The molecule has 0 aliphatic carbocycles. The third-order valence-electron chi connectivity index (χ3n) is 2.43. The van der Waals surface area contributed by atoms with Gasteiger partial charge in [0, 0.05) is 0 Å². The summed E-state index contributed by atoms with van der Waals surface area (Å²) in [5.41, 5.74) is 0. The Balaban J connectivity index is 3.00. The average Bonchev–Trinajstić information content (AvgIpc) is 2.76. The van der Waals surface area contributed by atoms with E-state index in [4.69, 9.17) is 5.11 Å². The van der Waals surface area contributed by atoms with E-state index in [1.54, 1.807) is 13.8 Å². The molecule has 1 unspecified atom stereocenters. The van der Waals surface area contributed by atoms with Gasteiger partial charge in [-0.25, -0.2) is 8.42 Å². The van der Waals surface area contributed by atoms with Crippen LogP contribution >= 0.6 is 11.3 Å². The smallest absolute Gasteiger partial charge is 0.425 e. The van der Waals surface area contributed by atoms with Crippen LogP contribution in [-0.2, 0) is 21.0 Å². The second kappa shape index (κ2) is 6.32. The fourth-order valence-electron chi connectivity index (χ4n) is 1.53. The molecule has 1 rings (SSSR count). The number of hydrogen-bond acceptors (Lipinski definition) is 4. The van der Waals surface area contributed by atoms with Gasteiger partial charge < -0.3 is 5.11 Å². The molecule has 0 saturated carbocycles. The molecule has 0 bridgehead atoms. The van der Waals surface area contributed by atoms with Gasteiger partial charge in [-0.1, -0.05) is 13.8 Å². The zero-order valence-corrected chi connectivity index (χ0v) is 12.8. The van der Waals surface area contributed by atoms with Crippen LogP contribution in [-0.4, -0.2) is 25.5 Å². The maximum absolute atomic E-state index is 12.5. The van der Waals surface area contributed by atoms with E-state index in [-0.39, 0.29) is 23.7 Å². The third kappa shape index (κ3) is 4.97. The van der Waals surface area contributed by atoms with Gasteiger partial charge in [-0.2, -0.15) is 17.9 Å². The summed E-state index contributed by atoms with van der Waals surface area (Å²) in [6.07, 6.45) is -4.60. The molecule has 0 amide bonds. The summed E-state index contributed by atoms with van der Waals surface area (Å²) in [5.74, 6) is -1.47. The van der Waals surface area contributed by atoms with Crippen molar-refractivity contribution in [1.29, 1.82) is 0 Å². The fourth-order valence-corrected chi connectivity index (χ4v) is 3.93. The first-order valence-electron chi connectivity index (χ1n) is 5.85. The van der Waals surface area contributed by atoms with Crippen LogP contribution in [0.2, 0.25) is 0 Å². The number of halogens is 3. The first-order valence-corrected chi connectivity index (χ1v) is 8.15. The van der Waals surface area contributed by atoms with Crippen LogP contribution in [0.1, 0.15) is 25.1 Å². The Bertz CT molecular complexity index is 607. The van der Waals surface area contributed by atoms with Gasteiger partial charge in [0.2, 0.25) is 0 Å². The number of carboxylic acids is 1. The van der Waals surface area contributed by atoms with E-state index in [1.807, 2.05) is 4.72 Å². The number of rotatable bonds is 6. The molecule has 0 radical (unpaired) electrons. The van der Waals surface area contributed by atoms with E-state index in [9.17, 15) is 26.4 Å². The number of nitrogens with one attached hydrogen (secondary N) is 1. The summed E-state index contributed by atoms with van der Waals surface area (Å²) in [4.78, 5) is 9.95. The Kier molecular flexibility index (Phi) is 5.40. The van der Waals surface area contributed by atoms with Crippen LogP contribution in [0.3, 0.4) is 0 Å². The molecule has 0 aliphatic rings. The molecular weight excluding hydrogens is 331 g/mol. The van der Waals surface area contributed by atoms with Crippen LogP contribution in [0, 0.1) is 5.92 Å². The molecule has 1 aromatic heterocycles. The third-order valence-corrected chi connectivity index (χ3v) is 5.52. The summed E-state index contributed by atoms with van der Waals surface area (Å²) in [5, 5.41) is 8.96. The highest BCUT2D eigenvalue weighted by Gasteiger charge is 2.35. The van der Waals surface area contributed by atoms with Gasteiger partial charge in [0.15, 0.2) is 0 Å². The standard InChI is InChI=1S/C11H14F3NO4S2/c1-6(2)5-7(10(16)17)15-21(18,19)9-4-3-8(20-9)11(12,13)14/h3-4,6-7,15H,5H2,1-2H3,(H,16,17). The van der Waals surface area contributed by atoms with Crippen molar-refractivity contribution in [1.82, 2.24) is 4.72 Å². The van der Waals surface area contributed by atoms with E-state index in [1.165, 1.54) is 0 Å². The van der Waals surface area contributed by atoms with Gasteiger partial charge in [0.05, 0.1) is 0 Å². The van der Waals surface area contributed by atoms with Gasteiger partial charge in [0.25, 0.3) is 10.0 Å². The van der Waals surface area contributed by atoms with Crippen molar-refractivity contribution < 1.29 is 31.5 Å². The van der Waals surface area contributed by atoms with Crippen LogP contribution in [0.4, 0.5) is 13.2 Å². The molecule has 0 aromatic carbocycles. The van der Waals surface area contributed by atoms with E-state index in [0.717, 1.165) is 6.07 Å². The fraction of sp³-hybridized carbons (Fsp3) is 0.545. The minimum Gasteiger partial charge on any atom is -0.480 e. The molecule has 1 heterocycles. The molecule has 0 aliphatic heterocycles. The average molecular weight is 345 g/mol. The molecule has 10 heteroatoms. The largest absolute Gasteiger partial charge is 0.480 e. The number of hydrogen-bond donors (Lipinski definition) is 2. The number of carboxylic acid groups (broad SMARTS) is 1. The normalized spacial score (nSPS) is 14.4. The number of aliphatic carboxylic acids is 1. The van der Waals surface area contributed by atoms with E-state index < -0.39 is 37.3 Å². The van der Waals surface area contributed by atoms with Crippen molar-refractivity contribution in [2.75, 3.05) is 0 Å². The van der Waals surface area contributed by atoms with Gasteiger partial charge in [-0.15, -0.1) is 11.3 Å². The van der Waals surface area contributed by atoms with Crippen LogP contribution in [0.25, 0.3) is 0 Å². The monoisotopic (exact) mass is 345 g/mol. The van der Waals surface area contributed by atoms with Crippen LogP contribution in [0.5, 0.6) is 0 Å². The lowest BCUT2D eigenvalue weighted by molar-refractivity contribution is -0.139. The van der Waals surface area contributed by atoms with Gasteiger partial charge in [0.1, 0.15) is 15.1 Å². The number of carbonyl (C=O) groups is 1. The van der Waals surface area contributed by atoms with Crippen molar-refractivity contribution in [3.63, 3.8) is 0 Å². The van der Waals surface area contributed by atoms with Crippen molar-refractivity contribution in [3.8, 4) is 0 Å². The molecule has 2 N–H and O–H groups in total. The summed E-state index contributed by atoms with van der Waals surface area (Å²) in [6.45, 7) is 3.41. The lowest BCUT2D eigenvalue weighted by Gasteiger charge is -2.15. The summed E-state index contributed by atoms with van der Waals surface area (Å²) >= 11 is 0.0510. The summed E-state index contributed by atoms with van der Waals surface area (Å²) in [6, 6.07) is 0.0769. The van der Waals surface area contributed by atoms with Gasteiger partial charge in [-0.3, -0.25) is 4.79 Å². The predicted octanol–water partition coefficient (Wildman–Crippen LogP) is 2.54. The summed E-state index contributed by atoms with van der Waals surface area (Å²) < 4.78 is 62.6. The molecule has 1 aromatic rings. The van der Waals surface area contributed by atoms with Crippen molar-refractivity contribution in [2.24, 2.45) is 5.92 Å². The van der Waals surface area contributed by atoms with Crippen molar-refractivity contribution in [3.05, 3.63) is 17.0 Å². The van der Waals surface area contributed by atoms with Crippen molar-refractivity contribution in [2.45, 2.75) is 36.7 Å². The Hall–Kier alpha value is -1.13. The second-order valence-corrected chi connectivity index (χ2v) is 7.78. The van der Waals surface area contributed by atoms with E-state index in [2.05, 4.69) is 0 Å². The maximum Gasteiger partial charge on any atom is 0.425 e. The van der Waals surface area contributed by atoms with Gasteiger partial charge in [-0.05, 0) is 24.5 Å². The summed E-state index contributed by atoms with van der Waals surface area (Å²) in [7, 11) is -4.30. The van der Waals surface area contributed by atoms with E-state index >= 15 is 0 Å². The Labute approximate surface area is 123 Å². The van der Waals surface area contributed by atoms with Crippen molar-refractivity contribution >= 4 is 27.3 Å². The Morgan fingerprint density at radius 1 is 1.38 bits per heavy atom. The zero-order chi connectivity index (χ0) is 16.4. The predicted molar refractivity (Wildman–Crippen MR) is 70.5 cm³/mol. The molecule has 5 nitrogen and oxygen atoms in total. The minimum absolute atomic E-state index is 0.0338. The molecular formula is C11H14F3NO4S2. The van der Waals surface area contributed by atoms with Crippen LogP contribution in [0.15, 0.2) is 16.3 Å². The highest BCUT2D eigenvalue weighted by atomic mass is 32.2. The molecule has 21 heavy (non-hydrogen) atoms. The van der Waals surface area contributed by atoms with E-state index in [0.29, 0.717) is 6.07 Å². The number of alkyl halides is 3. The van der Waals surface area contributed by atoms with Crippen LogP contribution < -0.4 is 4.72 Å². The highest BCUT2D eigenvalue weighted by molar-refractivity contribution is 7.91. The highest BCUT2D eigenvalue weighted by Crippen LogP contribution is 2.36. The quantitative estimate of drug-likeness (QED) is 0.830. The lowest BCUT2D eigenvalue weighted by atomic mass is 10.1. The SMILES string of the molecule is CC(C)CC(NS(=O)(=O)c1ccc(C(F)(F)F)s1)C(=O)O. The molecule has 1 atom stereocenters. The first kappa shape index (κ1) is 17.9. The molecule has 0 saturated heterocycles. The van der Waals surface area contributed by atoms with Gasteiger partial charge >= 0.3 is 12.1 Å². The molecule has 0 spiro atoms. The topological polar surface area (TPSA) is 83.5 Å². The second-order valence-electron chi connectivity index (χ2n) is 4.76. The number of sulfonamides is 1.